The second-order valence-corrected chi connectivity index (χ2v) is 22.2. The molecule has 1 aliphatic heterocycles. The van der Waals surface area contributed by atoms with E-state index in [4.69, 9.17) is 36.4 Å². The minimum Gasteiger partial charge on any atom is -0.481 e. The molecule has 12 nitrogen and oxygen atoms in total. The van der Waals surface area contributed by atoms with Crippen molar-refractivity contribution in [2.75, 3.05) is 7.11 Å². The summed E-state index contributed by atoms with van der Waals surface area (Å²) in [5, 5.41) is 53.1. The Balaban J connectivity index is -0.000000454. The van der Waals surface area contributed by atoms with Gasteiger partial charge in [0.1, 0.15) is 6.10 Å². The molecular weight excluding hydrogens is 1110 g/mol. The van der Waals surface area contributed by atoms with E-state index in [0.29, 0.717) is 18.4 Å². The molecule has 0 saturated carbocycles. The molecule has 3 unspecified atom stereocenters. The summed E-state index contributed by atoms with van der Waals surface area (Å²) in [5.41, 5.74) is 12.4. The van der Waals surface area contributed by atoms with Gasteiger partial charge < -0.3 is 40.1 Å². The molecule has 0 amide bonds. The lowest BCUT2D eigenvalue weighted by molar-refractivity contribution is -0.146. The van der Waals surface area contributed by atoms with E-state index in [0.717, 1.165) is 75.2 Å². The van der Waals surface area contributed by atoms with Crippen molar-refractivity contribution in [1.29, 1.82) is 0 Å². The summed E-state index contributed by atoms with van der Waals surface area (Å²) in [5.74, 6) is -2.72. The summed E-state index contributed by atoms with van der Waals surface area (Å²) in [6, 6.07) is 25.0. The van der Waals surface area contributed by atoms with E-state index in [9.17, 15) is 34.5 Å². The van der Waals surface area contributed by atoms with Crippen molar-refractivity contribution >= 4 is 65.2 Å². The number of rotatable bonds is 10. The van der Waals surface area contributed by atoms with Crippen molar-refractivity contribution in [3.8, 4) is 0 Å². The Morgan fingerprint density at radius 1 is 0.549 bits per heavy atom. The number of carbonyl (C=O) groups is 4. The van der Waals surface area contributed by atoms with Crippen LogP contribution in [-0.2, 0) is 41.1 Å². The summed E-state index contributed by atoms with van der Waals surface area (Å²) >= 11 is 5.58. The number of alkyl halides is 1. The molecule has 0 radical (unpaired) electrons. The molecule has 0 spiro atoms. The number of hydrogen-bond donors (Lipinski definition) is 6. The van der Waals surface area contributed by atoms with Crippen LogP contribution in [0.3, 0.4) is 0 Å². The highest BCUT2D eigenvalue weighted by molar-refractivity contribution is 6.92. The molecule has 1 saturated heterocycles. The molecule has 15 atom stereocenters. The van der Waals surface area contributed by atoms with Gasteiger partial charge in [0, 0.05) is 38.1 Å². The van der Waals surface area contributed by atoms with Crippen LogP contribution < -0.4 is 0 Å². The summed E-state index contributed by atoms with van der Waals surface area (Å²) in [4.78, 5) is 43.8. The highest BCUT2D eigenvalue weighted by Crippen LogP contribution is 2.38. The Labute approximate surface area is 509 Å². The molecule has 0 bridgehead atoms. The number of aliphatic carboxylic acids is 3. The average molecular weight is 1220 g/mol. The van der Waals surface area contributed by atoms with Crippen LogP contribution in [0.25, 0.3) is 0 Å². The zero-order valence-electron chi connectivity index (χ0n) is 50.9. The minimum atomic E-state index is -0.822. The number of ether oxygens (including phenoxy) is 2. The third kappa shape index (κ3) is 29.1. The van der Waals surface area contributed by atoms with Crippen molar-refractivity contribution < 1.29 is 60.7 Å². The number of benzene rings is 3. The molecule has 82 heavy (non-hydrogen) atoms. The van der Waals surface area contributed by atoms with Crippen LogP contribution in [0.5, 0.6) is 0 Å². The number of aryl methyl sites for hydroxylation is 4. The first-order chi connectivity index (χ1) is 36.8. The molecule has 466 valence electrons. The number of carbonyl (C=O) groups excluding carboxylic acids is 1. The monoisotopic (exact) mass is 1220 g/mol. The zero-order valence-corrected chi connectivity index (χ0v) is 55.9. The number of carboxylic acids is 3. The lowest BCUT2D eigenvalue weighted by Gasteiger charge is -2.32. The number of fused-ring (bicyclic) bond motifs is 1. The minimum absolute atomic E-state index is 0. The lowest BCUT2D eigenvalue weighted by atomic mass is 9.79. The number of halogens is 1. The highest BCUT2D eigenvalue weighted by atomic mass is 35.5. The van der Waals surface area contributed by atoms with Gasteiger partial charge in [0.05, 0.1) is 48.6 Å². The van der Waals surface area contributed by atoms with Gasteiger partial charge in [-0.15, -0.1) is 11.6 Å². The molecule has 1 heterocycles. The maximum Gasteiger partial charge on any atom is 0.309 e. The second kappa shape index (κ2) is 42.7. The van der Waals surface area contributed by atoms with E-state index in [1.807, 2.05) is 32.9 Å². The summed E-state index contributed by atoms with van der Waals surface area (Å²) in [6.07, 6.45) is 14.0. The van der Waals surface area contributed by atoms with Crippen molar-refractivity contribution in [3.05, 3.63) is 153 Å². The molecule has 16 heteroatoms. The Hall–Kier alpha value is -4.08. The number of hydrogen-bond acceptors (Lipinski definition) is 9. The number of esters is 1. The summed E-state index contributed by atoms with van der Waals surface area (Å²) in [6.45, 7) is 24.0. The van der Waals surface area contributed by atoms with Gasteiger partial charge in [0.2, 0.25) is 0 Å². The summed E-state index contributed by atoms with van der Waals surface area (Å²) in [7, 11) is 1.00. The van der Waals surface area contributed by atoms with Gasteiger partial charge >= 0.3 is 23.9 Å². The van der Waals surface area contributed by atoms with Gasteiger partial charge in [-0.25, -0.2) is 0 Å². The molecule has 8 rings (SSSR count). The van der Waals surface area contributed by atoms with Gasteiger partial charge in [-0.3, -0.25) is 19.2 Å². The van der Waals surface area contributed by atoms with Crippen LogP contribution in [0.2, 0.25) is 0 Å². The fraction of sp³-hybridized carbons (Fsp3) is 0.545. The van der Waals surface area contributed by atoms with Crippen LogP contribution >= 0.6 is 41.3 Å². The van der Waals surface area contributed by atoms with Gasteiger partial charge in [-0.2, -0.15) is 29.7 Å². The van der Waals surface area contributed by atoms with E-state index < -0.39 is 42.0 Å². The third-order valence-electron chi connectivity index (χ3n) is 15.4. The smallest absolute Gasteiger partial charge is 0.309 e. The first kappa shape index (κ1) is 82.1. The third-order valence-corrected chi connectivity index (χ3v) is 15.7. The molecule has 6 N–H and O–H groups in total. The fourth-order valence-electron chi connectivity index (χ4n) is 9.83. The van der Waals surface area contributed by atoms with E-state index in [-0.39, 0.29) is 86.3 Å². The maximum atomic E-state index is 11.3. The Kier molecular flexibility index (Phi) is 42.8. The topological polar surface area (TPSA) is 208 Å². The largest absolute Gasteiger partial charge is 0.481 e. The van der Waals surface area contributed by atoms with Crippen LogP contribution in [0.15, 0.2) is 119 Å². The van der Waals surface area contributed by atoms with Crippen molar-refractivity contribution in [2.24, 2.45) is 47.3 Å². The van der Waals surface area contributed by atoms with Gasteiger partial charge in [0.25, 0.3) is 0 Å². The average Bonchev–Trinajstić information content (AvgIpc) is 3.68. The van der Waals surface area contributed by atoms with Gasteiger partial charge in [-0.05, 0) is 124 Å². The van der Waals surface area contributed by atoms with E-state index in [1.165, 1.54) is 39.0 Å². The van der Waals surface area contributed by atoms with E-state index >= 15 is 0 Å². The standard InChI is InChI=1S/C18H24O3.2C10H16O3.C10H14O2.C8H9Cl.C8H10.CH4O.CH4.3H3P.H2/c1-12-4-7-15(8-5-12)11-21-17-10-13(2)6-9-16(17)14(3)18(19)20;2*1-6-3-4-8(9(11)5-6)7(2)10(12)13;1-6-3-4-8-7(2)10(11)12-9(8)5-6;1-7-2-4-8(6-9)5-3-7;1-7-3-5-8(2)6-4-7;1-2;;;;;/h4-5,7-8,10,14,16-17H,6,9,11H2,1-3H3,(H,19,20);2*5,7-9,11H,3-4H2,1-2H3,(H,12,13);5,7-9H,3-4H2,1-2H3;2-5H,6H2,1H3;3-6H,1-2H3;2H,1H3;1H4;3*1H3;1H/t14-,16-,17-;3*7-,8-,9-;;;;;;;;/m0000......../s1. The summed E-state index contributed by atoms with van der Waals surface area (Å²) < 4.78 is 11.3. The predicted octanol–water partition coefficient (Wildman–Crippen LogP) is 14.4. The van der Waals surface area contributed by atoms with E-state index in [2.05, 4.69) is 114 Å². The highest BCUT2D eigenvalue weighted by Gasteiger charge is 2.42. The Bertz CT molecular complexity index is 2380. The quantitative estimate of drug-likeness (QED) is 0.0485. The molecule has 1 fully saturated rings. The first-order valence-electron chi connectivity index (χ1n) is 27.5. The van der Waals surface area contributed by atoms with Crippen LogP contribution in [0.4, 0.5) is 0 Å². The normalized spacial score (nSPS) is 23.7. The zero-order chi connectivity index (χ0) is 58.8. The SMILES string of the molecule is C.CC1=C[C@@H]2OC(=O)[C@@H](C)[C@@H]2CC1.CC1=C[C@H](O)[C@H]([C@H](C)C(=O)O)CC1.CC1=C[C@H](O)[C@H]([C@H](C)C(=O)O)CC1.CC1=C[C@H](OCc2ccc(C)cc2)[C@H]([C@H](C)C(=O)O)CC1.CO.Cc1ccc(C)cc1.Cc1ccc(CCl)cc1.P.P.P.[HH]. The molecule has 5 aliphatic rings. The predicted molar refractivity (Wildman–Crippen MR) is 354 cm³/mol. The van der Waals surface area contributed by atoms with E-state index in [1.54, 1.807) is 32.9 Å². The molecule has 4 aliphatic carbocycles. The van der Waals surface area contributed by atoms with Crippen LogP contribution in [0.1, 0.15) is 149 Å². The van der Waals surface area contributed by atoms with Crippen molar-refractivity contribution in [3.63, 3.8) is 0 Å². The second-order valence-electron chi connectivity index (χ2n) is 21.9. The molecular formula is C66H108ClO12P3. The number of aliphatic hydroxyl groups excluding tert-OH is 3. The fourth-order valence-corrected chi connectivity index (χ4v) is 10.0. The molecule has 0 aromatic heterocycles. The number of allylic oxidation sites excluding steroid dienone is 4. The molecule has 3 aromatic rings. The Morgan fingerprint density at radius 2 is 0.866 bits per heavy atom. The van der Waals surface area contributed by atoms with Crippen molar-refractivity contribution in [2.45, 2.75) is 179 Å². The molecule has 3 aromatic carbocycles. The number of aliphatic hydroxyl groups is 3. The van der Waals surface area contributed by atoms with Gasteiger partial charge in [-0.1, -0.05) is 171 Å². The van der Waals surface area contributed by atoms with Gasteiger partial charge in [0.15, 0.2) is 0 Å². The van der Waals surface area contributed by atoms with Crippen LogP contribution in [-0.4, -0.2) is 86.0 Å². The van der Waals surface area contributed by atoms with Crippen LogP contribution in [0, 0.1) is 75.0 Å². The number of carboxylic acid groups (broad SMARTS) is 3. The first-order valence-corrected chi connectivity index (χ1v) is 28.1. The lowest BCUT2D eigenvalue weighted by Crippen LogP contribution is -2.34. The van der Waals surface area contributed by atoms with Crippen molar-refractivity contribution in [1.82, 2.24) is 0 Å². The Morgan fingerprint density at radius 3 is 1.23 bits per heavy atom. The maximum absolute atomic E-state index is 11.3.